The van der Waals surface area contributed by atoms with E-state index in [9.17, 15) is 0 Å². The van der Waals surface area contributed by atoms with Crippen LogP contribution in [0, 0.1) is 6.92 Å². The summed E-state index contributed by atoms with van der Waals surface area (Å²) in [4.78, 5) is 0. The number of hydrogen-bond acceptors (Lipinski definition) is 3. The molecule has 3 nitrogen and oxygen atoms in total. The lowest BCUT2D eigenvalue weighted by atomic mass is 9.96. The zero-order valence-electron chi connectivity index (χ0n) is 15.0. The Kier molecular flexibility index (Phi) is 4.01. The number of aryl methyl sites for hydroxylation is 1. The lowest BCUT2D eigenvalue weighted by Crippen LogP contribution is -2.33. The zero-order chi connectivity index (χ0) is 18.4. The highest BCUT2D eigenvalue weighted by Crippen LogP contribution is 2.48. The Hall–Kier alpha value is -2.59. The molecular weight excluding hydrogens is 400 g/mol. The number of ether oxygens (including phenoxy) is 1. The molecule has 0 fully saturated rings. The van der Waals surface area contributed by atoms with Gasteiger partial charge in [-0.2, -0.15) is 5.10 Å². The minimum Gasteiger partial charge on any atom is -0.464 e. The van der Waals surface area contributed by atoms with Gasteiger partial charge in [0, 0.05) is 22.0 Å². The first-order valence-corrected chi connectivity index (χ1v) is 9.92. The standard InChI is InChI=1S/C23H19BrN2O/c1-15-7-9-17(10-8-15)23-26-21(19-13-18(24)11-12-22(19)27-23)14-20(25-26)16-5-3-2-4-6-16/h2-13,21,23H,14H2,1H3/t21-,23-/m0/s1. The smallest absolute Gasteiger partial charge is 0.213 e. The van der Waals surface area contributed by atoms with Crippen molar-refractivity contribution in [1.82, 2.24) is 5.01 Å². The van der Waals surface area contributed by atoms with Crippen molar-refractivity contribution in [2.75, 3.05) is 0 Å². The van der Waals surface area contributed by atoms with Crippen molar-refractivity contribution in [2.45, 2.75) is 25.6 Å². The molecule has 3 aromatic rings. The average molecular weight is 419 g/mol. The maximum atomic E-state index is 6.41. The van der Waals surface area contributed by atoms with Gasteiger partial charge in [0.2, 0.25) is 6.23 Å². The van der Waals surface area contributed by atoms with Crippen molar-refractivity contribution < 1.29 is 4.74 Å². The Morgan fingerprint density at radius 3 is 2.56 bits per heavy atom. The maximum absolute atomic E-state index is 6.41. The molecule has 2 aliphatic rings. The number of halogens is 1. The highest BCUT2D eigenvalue weighted by molar-refractivity contribution is 9.10. The quantitative estimate of drug-likeness (QED) is 0.509. The molecule has 2 atom stereocenters. The molecular formula is C23H19BrN2O. The van der Waals surface area contributed by atoms with E-state index in [1.807, 2.05) is 12.1 Å². The first kappa shape index (κ1) is 16.6. The average Bonchev–Trinajstić information content (AvgIpc) is 3.15. The molecule has 0 amide bonds. The van der Waals surface area contributed by atoms with E-state index in [1.54, 1.807) is 0 Å². The van der Waals surface area contributed by atoms with Crippen LogP contribution in [0.1, 0.15) is 40.9 Å². The van der Waals surface area contributed by atoms with Crippen LogP contribution in [0.15, 0.2) is 82.4 Å². The summed E-state index contributed by atoms with van der Waals surface area (Å²) >= 11 is 3.60. The van der Waals surface area contributed by atoms with Gasteiger partial charge in [-0.05, 0) is 30.7 Å². The maximum Gasteiger partial charge on any atom is 0.213 e. The van der Waals surface area contributed by atoms with Gasteiger partial charge in [0.25, 0.3) is 0 Å². The topological polar surface area (TPSA) is 24.8 Å². The van der Waals surface area contributed by atoms with Gasteiger partial charge in [0.05, 0.1) is 11.8 Å². The van der Waals surface area contributed by atoms with E-state index in [0.717, 1.165) is 27.9 Å². The number of hydrazone groups is 1. The van der Waals surface area contributed by atoms with E-state index in [-0.39, 0.29) is 12.3 Å². The fourth-order valence-electron chi connectivity index (χ4n) is 3.81. The third-order valence-corrected chi connectivity index (χ3v) is 5.71. The summed E-state index contributed by atoms with van der Waals surface area (Å²) in [7, 11) is 0. The zero-order valence-corrected chi connectivity index (χ0v) is 16.6. The Morgan fingerprint density at radius 1 is 1.00 bits per heavy atom. The van der Waals surface area contributed by atoms with Crippen LogP contribution >= 0.6 is 15.9 Å². The predicted molar refractivity (Wildman–Crippen MR) is 111 cm³/mol. The first-order valence-electron chi connectivity index (χ1n) is 9.13. The molecule has 3 aromatic carbocycles. The molecule has 27 heavy (non-hydrogen) atoms. The van der Waals surface area contributed by atoms with Crippen LogP contribution in [-0.4, -0.2) is 10.7 Å². The minimum absolute atomic E-state index is 0.174. The van der Waals surface area contributed by atoms with Crippen LogP contribution in [0.3, 0.4) is 0 Å². The Labute approximate surface area is 167 Å². The molecule has 0 N–H and O–H groups in total. The van der Waals surface area contributed by atoms with Crippen LogP contribution < -0.4 is 4.74 Å². The van der Waals surface area contributed by atoms with Crippen molar-refractivity contribution in [1.29, 1.82) is 0 Å². The van der Waals surface area contributed by atoms with Crippen LogP contribution in [0.2, 0.25) is 0 Å². The second-order valence-corrected chi connectivity index (χ2v) is 7.99. The van der Waals surface area contributed by atoms with Gasteiger partial charge in [-0.25, -0.2) is 5.01 Å². The third kappa shape index (κ3) is 2.94. The highest BCUT2D eigenvalue weighted by atomic mass is 79.9. The minimum atomic E-state index is -0.217. The molecule has 134 valence electrons. The Morgan fingerprint density at radius 2 is 1.78 bits per heavy atom. The van der Waals surface area contributed by atoms with Crippen LogP contribution in [0.4, 0.5) is 0 Å². The molecule has 0 bridgehead atoms. The predicted octanol–water partition coefficient (Wildman–Crippen LogP) is 6.00. The largest absolute Gasteiger partial charge is 0.464 e. The van der Waals surface area contributed by atoms with Gasteiger partial charge in [-0.15, -0.1) is 0 Å². The Bertz CT molecular complexity index is 1010. The molecule has 4 heteroatoms. The molecule has 2 heterocycles. The molecule has 5 rings (SSSR count). The molecule has 0 unspecified atom stereocenters. The van der Waals surface area contributed by atoms with Gasteiger partial charge in [0.1, 0.15) is 5.75 Å². The van der Waals surface area contributed by atoms with Gasteiger partial charge < -0.3 is 4.74 Å². The normalized spacial score (nSPS) is 20.5. The van der Waals surface area contributed by atoms with Gasteiger partial charge >= 0.3 is 0 Å². The molecule has 0 spiro atoms. The molecule has 0 saturated heterocycles. The van der Waals surface area contributed by atoms with Crippen LogP contribution in [0.5, 0.6) is 5.75 Å². The number of nitrogens with zero attached hydrogens (tertiary/aromatic N) is 2. The third-order valence-electron chi connectivity index (χ3n) is 5.22. The Balaban J connectivity index is 1.61. The summed E-state index contributed by atoms with van der Waals surface area (Å²) in [6, 6.07) is 25.4. The molecule has 2 aliphatic heterocycles. The highest BCUT2D eigenvalue weighted by Gasteiger charge is 2.40. The summed E-state index contributed by atoms with van der Waals surface area (Å²) in [6.07, 6.45) is 0.657. The van der Waals surface area contributed by atoms with Gasteiger partial charge in [0.15, 0.2) is 0 Å². The second kappa shape index (κ2) is 6.54. The summed E-state index contributed by atoms with van der Waals surface area (Å²) < 4.78 is 7.47. The molecule has 0 saturated carbocycles. The number of hydrogen-bond donors (Lipinski definition) is 0. The summed E-state index contributed by atoms with van der Waals surface area (Å²) in [5.74, 6) is 0.939. The summed E-state index contributed by atoms with van der Waals surface area (Å²) in [5.41, 5.74) is 5.82. The van der Waals surface area contributed by atoms with Crippen molar-refractivity contribution in [2.24, 2.45) is 5.10 Å². The second-order valence-electron chi connectivity index (χ2n) is 7.08. The van der Waals surface area contributed by atoms with Crippen molar-refractivity contribution >= 4 is 21.6 Å². The van der Waals surface area contributed by atoms with E-state index in [1.165, 1.54) is 16.7 Å². The van der Waals surface area contributed by atoms with Crippen molar-refractivity contribution in [3.8, 4) is 5.75 Å². The van der Waals surface area contributed by atoms with E-state index in [2.05, 4.69) is 88.5 Å². The fraction of sp³-hybridized carbons (Fsp3) is 0.174. The van der Waals surface area contributed by atoms with E-state index < -0.39 is 0 Å². The molecule has 0 aliphatic carbocycles. The summed E-state index contributed by atoms with van der Waals surface area (Å²) in [6.45, 7) is 2.10. The summed E-state index contributed by atoms with van der Waals surface area (Å²) in [5, 5.41) is 7.13. The van der Waals surface area contributed by atoms with Crippen LogP contribution in [-0.2, 0) is 0 Å². The van der Waals surface area contributed by atoms with E-state index in [0.29, 0.717) is 0 Å². The number of benzene rings is 3. The van der Waals surface area contributed by atoms with Crippen molar-refractivity contribution in [3.05, 3.63) is 99.5 Å². The monoisotopic (exact) mass is 418 g/mol. The van der Waals surface area contributed by atoms with E-state index in [4.69, 9.17) is 9.84 Å². The number of rotatable bonds is 2. The lowest BCUT2D eigenvalue weighted by Gasteiger charge is -2.38. The van der Waals surface area contributed by atoms with E-state index >= 15 is 0 Å². The first-order chi connectivity index (χ1) is 13.2. The SMILES string of the molecule is Cc1ccc([C@@H]2Oc3ccc(Br)cc3[C@@H]3CC(c4ccccc4)=NN32)cc1. The van der Waals surface area contributed by atoms with Gasteiger partial charge in [-0.1, -0.05) is 76.1 Å². The number of fused-ring (bicyclic) bond motifs is 3. The van der Waals surface area contributed by atoms with Crippen LogP contribution in [0.25, 0.3) is 0 Å². The van der Waals surface area contributed by atoms with Crippen molar-refractivity contribution in [3.63, 3.8) is 0 Å². The molecule has 0 aromatic heterocycles. The van der Waals surface area contributed by atoms with Gasteiger partial charge in [-0.3, -0.25) is 0 Å². The fourth-order valence-corrected chi connectivity index (χ4v) is 4.19. The molecule has 0 radical (unpaired) electrons. The lowest BCUT2D eigenvalue weighted by molar-refractivity contribution is -0.0190.